The van der Waals surface area contributed by atoms with E-state index in [1.165, 1.54) is 15.7 Å². The summed E-state index contributed by atoms with van der Waals surface area (Å²) in [6.45, 7) is 0.441. The highest BCUT2D eigenvalue weighted by Gasteiger charge is 2.35. The number of ether oxygens (including phenoxy) is 1. The summed E-state index contributed by atoms with van der Waals surface area (Å²) >= 11 is 0. The molecule has 1 saturated heterocycles. The number of nitrogens with zero attached hydrogens (tertiary/aromatic N) is 2. The molecule has 0 saturated carbocycles. The Kier molecular flexibility index (Phi) is 5.89. The molecule has 4 rings (SSSR count). The molecule has 1 aliphatic carbocycles. The number of aryl methyl sites for hydroxylation is 2. The number of fused-ring (bicyclic) bond motifs is 1. The molecule has 0 unspecified atom stereocenters. The third-order valence-corrected chi connectivity index (χ3v) is 9.66. The SMILES string of the molecule is COc1cc2c(cc1S(=O)(=O)N1CCN(S(=O)(=O)c3ccccc3)CC1)CCCC2. The Morgan fingerprint density at radius 3 is 1.87 bits per heavy atom. The number of hydrogen-bond donors (Lipinski definition) is 0. The van der Waals surface area contributed by atoms with Gasteiger partial charge in [-0.2, -0.15) is 8.61 Å². The quantitative estimate of drug-likeness (QED) is 0.698. The van der Waals surface area contributed by atoms with E-state index in [9.17, 15) is 16.8 Å². The largest absolute Gasteiger partial charge is 0.495 e. The molecular formula is C21H26N2O5S2. The van der Waals surface area contributed by atoms with Crippen molar-refractivity contribution < 1.29 is 21.6 Å². The number of rotatable bonds is 5. The molecular weight excluding hydrogens is 424 g/mol. The summed E-state index contributed by atoms with van der Waals surface area (Å²) in [6.07, 6.45) is 3.95. The molecule has 0 spiro atoms. The van der Waals surface area contributed by atoms with Crippen LogP contribution in [0.4, 0.5) is 0 Å². The van der Waals surface area contributed by atoms with Gasteiger partial charge in [0.1, 0.15) is 10.6 Å². The van der Waals surface area contributed by atoms with Gasteiger partial charge >= 0.3 is 0 Å². The van der Waals surface area contributed by atoms with Crippen molar-refractivity contribution in [2.24, 2.45) is 0 Å². The van der Waals surface area contributed by atoms with Crippen LogP contribution in [-0.2, 0) is 32.9 Å². The van der Waals surface area contributed by atoms with Crippen LogP contribution in [-0.4, -0.2) is 58.7 Å². The summed E-state index contributed by atoms with van der Waals surface area (Å²) in [5.41, 5.74) is 2.21. The van der Waals surface area contributed by atoms with E-state index in [1.54, 1.807) is 36.4 Å². The monoisotopic (exact) mass is 450 g/mol. The van der Waals surface area contributed by atoms with Crippen LogP contribution in [0.1, 0.15) is 24.0 Å². The second kappa shape index (κ2) is 8.30. The minimum atomic E-state index is -3.78. The molecule has 0 bridgehead atoms. The number of hydrogen-bond acceptors (Lipinski definition) is 5. The van der Waals surface area contributed by atoms with E-state index in [0.29, 0.717) is 5.75 Å². The Bertz CT molecular complexity index is 1120. The first-order chi connectivity index (χ1) is 14.3. The van der Waals surface area contributed by atoms with Crippen molar-refractivity contribution in [3.63, 3.8) is 0 Å². The summed E-state index contributed by atoms with van der Waals surface area (Å²) < 4.78 is 60.5. The first-order valence-corrected chi connectivity index (χ1v) is 13.0. The van der Waals surface area contributed by atoms with Crippen molar-refractivity contribution in [2.45, 2.75) is 35.5 Å². The zero-order chi connectivity index (χ0) is 21.4. The molecule has 0 atom stereocenters. The van der Waals surface area contributed by atoms with Gasteiger partial charge in [-0.3, -0.25) is 0 Å². The fourth-order valence-corrected chi connectivity index (χ4v) is 7.19. The van der Waals surface area contributed by atoms with Crippen LogP contribution in [0.3, 0.4) is 0 Å². The fourth-order valence-electron chi connectivity index (χ4n) is 4.13. The second-order valence-corrected chi connectivity index (χ2v) is 11.4. The summed E-state index contributed by atoms with van der Waals surface area (Å²) in [4.78, 5) is 0.391. The van der Waals surface area contributed by atoms with Crippen LogP contribution in [0.15, 0.2) is 52.3 Å². The van der Waals surface area contributed by atoms with E-state index in [0.717, 1.165) is 36.8 Å². The normalized spacial score (nSPS) is 18.7. The van der Waals surface area contributed by atoms with E-state index in [4.69, 9.17) is 4.74 Å². The second-order valence-electron chi connectivity index (χ2n) is 7.60. The van der Waals surface area contributed by atoms with Crippen LogP contribution >= 0.6 is 0 Å². The maximum absolute atomic E-state index is 13.4. The van der Waals surface area contributed by atoms with Gasteiger partial charge in [0.15, 0.2) is 0 Å². The van der Waals surface area contributed by atoms with Gasteiger partial charge in [0.2, 0.25) is 20.0 Å². The molecule has 0 amide bonds. The van der Waals surface area contributed by atoms with Crippen molar-refractivity contribution >= 4 is 20.0 Å². The van der Waals surface area contributed by atoms with E-state index in [2.05, 4.69) is 0 Å². The lowest BCUT2D eigenvalue weighted by Gasteiger charge is -2.33. The first-order valence-electron chi connectivity index (χ1n) is 10.1. The maximum atomic E-state index is 13.4. The summed E-state index contributed by atoms with van der Waals surface area (Å²) in [7, 11) is -5.94. The zero-order valence-corrected chi connectivity index (χ0v) is 18.6. The topological polar surface area (TPSA) is 84.0 Å². The average Bonchev–Trinajstić information content (AvgIpc) is 2.78. The van der Waals surface area contributed by atoms with E-state index < -0.39 is 20.0 Å². The highest BCUT2D eigenvalue weighted by atomic mass is 32.2. The van der Waals surface area contributed by atoms with Crippen molar-refractivity contribution in [2.75, 3.05) is 33.3 Å². The summed E-state index contributed by atoms with van der Waals surface area (Å²) in [5.74, 6) is 0.356. The Labute approximate surface area is 178 Å². The molecule has 1 heterocycles. The van der Waals surface area contributed by atoms with Crippen molar-refractivity contribution in [1.29, 1.82) is 0 Å². The number of benzene rings is 2. The van der Waals surface area contributed by atoms with E-state index >= 15 is 0 Å². The third-order valence-electron chi connectivity index (χ3n) is 5.82. The van der Waals surface area contributed by atoms with Crippen molar-refractivity contribution in [1.82, 2.24) is 8.61 Å². The highest BCUT2D eigenvalue weighted by molar-refractivity contribution is 7.89. The fraction of sp³-hybridized carbons (Fsp3) is 0.429. The van der Waals surface area contributed by atoms with Crippen LogP contribution < -0.4 is 4.74 Å². The first kappa shape index (κ1) is 21.3. The number of methoxy groups -OCH3 is 1. The van der Waals surface area contributed by atoms with Gasteiger partial charge in [-0.25, -0.2) is 16.8 Å². The predicted octanol–water partition coefficient (Wildman–Crippen LogP) is 2.27. The maximum Gasteiger partial charge on any atom is 0.246 e. The molecule has 9 heteroatoms. The zero-order valence-electron chi connectivity index (χ0n) is 17.0. The predicted molar refractivity (Wildman–Crippen MR) is 114 cm³/mol. The Morgan fingerprint density at radius 2 is 1.30 bits per heavy atom. The van der Waals surface area contributed by atoms with Crippen molar-refractivity contribution in [3.8, 4) is 5.75 Å². The molecule has 0 aromatic heterocycles. The minimum absolute atomic E-state index is 0.106. The third kappa shape index (κ3) is 3.87. The van der Waals surface area contributed by atoms with Gasteiger partial charge in [0.25, 0.3) is 0 Å². The van der Waals surface area contributed by atoms with Crippen LogP contribution in [0.25, 0.3) is 0 Å². The molecule has 1 aliphatic heterocycles. The molecule has 2 aromatic rings. The summed E-state index contributed by atoms with van der Waals surface area (Å²) in [5, 5.41) is 0. The van der Waals surface area contributed by atoms with Crippen LogP contribution in [0.2, 0.25) is 0 Å². The van der Waals surface area contributed by atoms with Gasteiger partial charge in [-0.1, -0.05) is 18.2 Å². The lowest BCUT2D eigenvalue weighted by molar-refractivity contribution is 0.272. The van der Waals surface area contributed by atoms with Gasteiger partial charge in [-0.05, 0) is 61.1 Å². The molecule has 2 aromatic carbocycles. The number of sulfonamides is 2. The highest BCUT2D eigenvalue weighted by Crippen LogP contribution is 2.34. The van der Waals surface area contributed by atoms with Gasteiger partial charge in [0.05, 0.1) is 12.0 Å². The van der Waals surface area contributed by atoms with Gasteiger partial charge in [-0.15, -0.1) is 0 Å². The number of piperazine rings is 1. The molecule has 162 valence electrons. The molecule has 0 N–H and O–H groups in total. The lowest BCUT2D eigenvalue weighted by Crippen LogP contribution is -2.50. The summed E-state index contributed by atoms with van der Waals surface area (Å²) in [6, 6.07) is 11.8. The van der Waals surface area contributed by atoms with Gasteiger partial charge < -0.3 is 4.74 Å². The Hall–Kier alpha value is -1.94. The van der Waals surface area contributed by atoms with Crippen LogP contribution in [0.5, 0.6) is 5.75 Å². The molecule has 30 heavy (non-hydrogen) atoms. The standard InChI is InChI=1S/C21H26N2O5S2/c1-28-20-15-17-7-5-6-8-18(17)16-21(20)30(26,27)23-13-11-22(12-14-23)29(24,25)19-9-3-2-4-10-19/h2-4,9-10,15-16H,5-8,11-14H2,1H3. The minimum Gasteiger partial charge on any atom is -0.495 e. The van der Waals surface area contributed by atoms with Crippen molar-refractivity contribution in [3.05, 3.63) is 53.6 Å². The average molecular weight is 451 g/mol. The van der Waals surface area contributed by atoms with E-state index in [-0.39, 0.29) is 36.0 Å². The molecule has 1 fully saturated rings. The molecule has 2 aliphatic rings. The molecule has 0 radical (unpaired) electrons. The lowest BCUT2D eigenvalue weighted by atomic mass is 9.92. The Morgan fingerprint density at radius 1 is 0.767 bits per heavy atom. The molecule has 7 nitrogen and oxygen atoms in total. The van der Waals surface area contributed by atoms with Crippen LogP contribution in [0, 0.1) is 0 Å². The van der Waals surface area contributed by atoms with E-state index in [1.807, 2.05) is 6.07 Å². The Balaban J connectivity index is 1.56. The van der Waals surface area contributed by atoms with Gasteiger partial charge in [0, 0.05) is 26.2 Å². The smallest absolute Gasteiger partial charge is 0.246 e.